The molecule has 1 heterocycles. The van der Waals surface area contributed by atoms with Gasteiger partial charge in [0.1, 0.15) is 6.20 Å². The van der Waals surface area contributed by atoms with Crippen molar-refractivity contribution in [2.45, 2.75) is 0 Å². The van der Waals surface area contributed by atoms with Gasteiger partial charge in [0.15, 0.2) is 6.29 Å². The minimum atomic E-state index is -0.673. The number of aromatic amines is 1. The second kappa shape index (κ2) is 2.26. The minimum Gasteiger partial charge on any atom is -0.296 e. The van der Waals surface area contributed by atoms with Crippen LogP contribution in [0.5, 0.6) is 0 Å². The predicted molar refractivity (Wildman–Crippen MR) is 30.6 cm³/mol. The Morgan fingerprint density at radius 3 is 2.90 bits per heavy atom. The number of hydrogen-bond donors (Lipinski definition) is 1. The first-order chi connectivity index (χ1) is 4.75. The number of H-pyrrole nitrogens is 1. The summed E-state index contributed by atoms with van der Waals surface area (Å²) in [4.78, 5) is 19.4. The third-order valence-corrected chi connectivity index (χ3v) is 0.957. The molecule has 0 unspecified atom stereocenters. The molecular weight excluding hydrogens is 138 g/mol. The lowest BCUT2D eigenvalue weighted by Crippen LogP contribution is -1.90. The number of aldehydes is 1. The van der Waals surface area contributed by atoms with E-state index >= 15 is 0 Å². The van der Waals surface area contributed by atoms with Crippen LogP contribution < -0.4 is 0 Å². The topological polar surface area (TPSA) is 88.9 Å². The molecule has 0 amide bonds. The summed E-state index contributed by atoms with van der Waals surface area (Å²) >= 11 is 0. The van der Waals surface area contributed by atoms with Gasteiger partial charge in [-0.2, -0.15) is 5.10 Å². The van der Waals surface area contributed by atoms with Crippen molar-refractivity contribution in [3.05, 3.63) is 22.0 Å². The zero-order valence-corrected chi connectivity index (χ0v) is 4.77. The van der Waals surface area contributed by atoms with E-state index in [4.69, 9.17) is 0 Å². The fraction of sp³-hybridized carbons (Fsp3) is 0. The van der Waals surface area contributed by atoms with E-state index in [9.17, 15) is 14.9 Å². The lowest BCUT2D eigenvalue weighted by molar-refractivity contribution is -0.385. The van der Waals surface area contributed by atoms with E-state index in [1.165, 1.54) is 0 Å². The van der Waals surface area contributed by atoms with Crippen LogP contribution in [0, 0.1) is 10.1 Å². The van der Waals surface area contributed by atoms with E-state index in [1.54, 1.807) is 0 Å². The van der Waals surface area contributed by atoms with E-state index in [0.717, 1.165) is 6.20 Å². The molecule has 0 aliphatic carbocycles. The van der Waals surface area contributed by atoms with Crippen LogP contribution in [0.15, 0.2) is 6.20 Å². The van der Waals surface area contributed by atoms with Gasteiger partial charge in [-0.25, -0.2) is 0 Å². The van der Waals surface area contributed by atoms with Crippen molar-refractivity contribution in [2.75, 3.05) is 0 Å². The van der Waals surface area contributed by atoms with Crippen LogP contribution in [0.1, 0.15) is 10.5 Å². The fourth-order valence-electron chi connectivity index (χ4n) is 0.527. The molecule has 0 saturated carbocycles. The van der Waals surface area contributed by atoms with E-state index < -0.39 is 4.92 Å². The maximum Gasteiger partial charge on any atom is 0.317 e. The monoisotopic (exact) mass is 141 g/mol. The molecule has 0 aliphatic rings. The van der Waals surface area contributed by atoms with Crippen molar-refractivity contribution in [1.82, 2.24) is 10.2 Å². The van der Waals surface area contributed by atoms with Gasteiger partial charge >= 0.3 is 5.69 Å². The molecule has 6 nitrogen and oxygen atoms in total. The van der Waals surface area contributed by atoms with Gasteiger partial charge in [-0.15, -0.1) is 0 Å². The number of rotatable bonds is 2. The van der Waals surface area contributed by atoms with Crippen LogP contribution in [-0.4, -0.2) is 21.4 Å². The molecule has 0 fully saturated rings. The molecule has 6 heteroatoms. The normalized spacial score (nSPS) is 9.20. The van der Waals surface area contributed by atoms with Crippen molar-refractivity contribution in [1.29, 1.82) is 0 Å². The van der Waals surface area contributed by atoms with Gasteiger partial charge in [-0.05, 0) is 0 Å². The number of nitrogens with one attached hydrogen (secondary N) is 1. The smallest absolute Gasteiger partial charge is 0.296 e. The Labute approximate surface area is 55.0 Å². The summed E-state index contributed by atoms with van der Waals surface area (Å²) in [6.45, 7) is 0. The molecule has 1 aromatic heterocycles. The number of hydrogen-bond acceptors (Lipinski definition) is 4. The van der Waals surface area contributed by atoms with Crippen LogP contribution in [0.4, 0.5) is 5.69 Å². The van der Waals surface area contributed by atoms with Gasteiger partial charge in [0, 0.05) is 0 Å². The number of aromatic nitrogens is 2. The van der Waals surface area contributed by atoms with Gasteiger partial charge in [0.05, 0.1) is 4.92 Å². The molecule has 0 atom stereocenters. The van der Waals surface area contributed by atoms with Gasteiger partial charge in [0.2, 0.25) is 5.69 Å². The fourth-order valence-corrected chi connectivity index (χ4v) is 0.527. The Balaban J connectivity index is 3.13. The maximum absolute atomic E-state index is 10.0. The van der Waals surface area contributed by atoms with E-state index in [1.807, 2.05) is 0 Å². The molecule has 0 spiro atoms. The molecule has 1 aromatic rings. The average molecular weight is 141 g/mol. The molecule has 0 radical (unpaired) electrons. The van der Waals surface area contributed by atoms with E-state index in [-0.39, 0.29) is 11.4 Å². The largest absolute Gasteiger partial charge is 0.317 e. The molecule has 1 N–H and O–H groups in total. The first-order valence-corrected chi connectivity index (χ1v) is 2.39. The maximum atomic E-state index is 10.0. The Hall–Kier alpha value is -1.72. The lowest BCUT2D eigenvalue weighted by atomic mass is 10.4. The average Bonchev–Trinajstić information content (AvgIpc) is 2.33. The van der Waals surface area contributed by atoms with E-state index in [2.05, 4.69) is 10.2 Å². The highest BCUT2D eigenvalue weighted by atomic mass is 16.6. The van der Waals surface area contributed by atoms with Crippen LogP contribution in [0.3, 0.4) is 0 Å². The Bertz CT molecular complexity index is 266. The van der Waals surface area contributed by atoms with Crippen molar-refractivity contribution < 1.29 is 9.72 Å². The summed E-state index contributed by atoms with van der Waals surface area (Å²) in [5, 5.41) is 15.6. The summed E-state index contributed by atoms with van der Waals surface area (Å²) in [6, 6.07) is 0. The SMILES string of the molecule is O=Cc1n[nH]cc1[N+](=O)[O-]. The van der Waals surface area contributed by atoms with Gasteiger partial charge in [-0.3, -0.25) is 20.0 Å². The zero-order chi connectivity index (χ0) is 7.56. The van der Waals surface area contributed by atoms with Crippen LogP contribution >= 0.6 is 0 Å². The van der Waals surface area contributed by atoms with Crippen molar-refractivity contribution in [3.63, 3.8) is 0 Å². The highest BCUT2D eigenvalue weighted by molar-refractivity contribution is 5.77. The van der Waals surface area contributed by atoms with Gasteiger partial charge < -0.3 is 0 Å². The Morgan fingerprint density at radius 2 is 2.50 bits per heavy atom. The van der Waals surface area contributed by atoms with Crippen LogP contribution in [0.25, 0.3) is 0 Å². The number of carbonyl (C=O) groups excluding carboxylic acids is 1. The molecule has 10 heavy (non-hydrogen) atoms. The molecule has 0 aliphatic heterocycles. The van der Waals surface area contributed by atoms with E-state index in [0.29, 0.717) is 6.29 Å². The zero-order valence-electron chi connectivity index (χ0n) is 4.77. The quantitative estimate of drug-likeness (QED) is 0.360. The number of nitrogens with zero attached hydrogens (tertiary/aromatic N) is 2. The van der Waals surface area contributed by atoms with Crippen molar-refractivity contribution >= 4 is 12.0 Å². The second-order valence-electron chi connectivity index (χ2n) is 1.53. The minimum absolute atomic E-state index is 0.176. The summed E-state index contributed by atoms with van der Waals surface area (Å²) in [6.07, 6.45) is 1.39. The highest BCUT2D eigenvalue weighted by Gasteiger charge is 2.14. The Kier molecular flexibility index (Phi) is 1.44. The predicted octanol–water partition coefficient (Wildman–Crippen LogP) is 0.130. The molecule has 0 saturated heterocycles. The second-order valence-corrected chi connectivity index (χ2v) is 1.53. The summed E-state index contributed by atoms with van der Waals surface area (Å²) in [5.41, 5.74) is -0.472. The lowest BCUT2D eigenvalue weighted by Gasteiger charge is -1.81. The third-order valence-electron chi connectivity index (χ3n) is 0.957. The molecular formula is C4H3N3O3. The molecule has 0 aromatic carbocycles. The standard InChI is InChI=1S/C4H3N3O3/c8-2-3-4(7(9)10)1-5-6-3/h1-2H,(H,5,6). The van der Waals surface area contributed by atoms with Crippen LogP contribution in [0.2, 0.25) is 0 Å². The first-order valence-electron chi connectivity index (χ1n) is 2.39. The molecule has 52 valence electrons. The summed E-state index contributed by atoms with van der Waals surface area (Å²) in [7, 11) is 0. The number of nitro groups is 1. The van der Waals surface area contributed by atoms with Gasteiger partial charge in [-0.1, -0.05) is 0 Å². The van der Waals surface area contributed by atoms with Crippen molar-refractivity contribution in [2.24, 2.45) is 0 Å². The van der Waals surface area contributed by atoms with Crippen molar-refractivity contribution in [3.8, 4) is 0 Å². The van der Waals surface area contributed by atoms with Gasteiger partial charge in [0.25, 0.3) is 0 Å². The number of carbonyl (C=O) groups is 1. The summed E-state index contributed by atoms with van der Waals surface area (Å²) < 4.78 is 0. The first kappa shape index (κ1) is 6.40. The Morgan fingerprint density at radius 1 is 1.80 bits per heavy atom. The third kappa shape index (κ3) is 0.859. The molecule has 0 bridgehead atoms. The summed E-state index contributed by atoms with van der Waals surface area (Å²) in [5.74, 6) is 0. The molecule has 1 rings (SSSR count). The highest BCUT2D eigenvalue weighted by Crippen LogP contribution is 2.10. The van der Waals surface area contributed by atoms with Crippen LogP contribution in [-0.2, 0) is 0 Å².